The van der Waals surface area contributed by atoms with Gasteiger partial charge in [-0.2, -0.15) is 0 Å². The average molecular weight is 231 g/mol. The van der Waals surface area contributed by atoms with Crippen molar-refractivity contribution in [2.45, 2.75) is 45.3 Å². The molecule has 1 aromatic carbocycles. The second-order valence-corrected chi connectivity index (χ2v) is 4.87. The van der Waals surface area contributed by atoms with Gasteiger partial charge in [0, 0.05) is 12.1 Å². The van der Waals surface area contributed by atoms with E-state index in [2.05, 4.69) is 53.7 Å². The molecule has 0 aliphatic heterocycles. The highest BCUT2D eigenvalue weighted by Crippen LogP contribution is 2.18. The normalized spacial score (nSPS) is 16.1. The molecule has 2 rings (SSSR count). The zero-order valence-electron chi connectivity index (χ0n) is 10.6. The molecule has 1 aliphatic carbocycles. The molecule has 2 N–H and O–H groups in total. The molecule has 1 aromatic rings. The van der Waals surface area contributed by atoms with E-state index < -0.39 is 0 Å². The first-order valence-corrected chi connectivity index (χ1v) is 6.35. The number of hydrogen-bond donors (Lipinski definition) is 2. The van der Waals surface area contributed by atoms with Gasteiger partial charge in [0.05, 0.1) is 6.54 Å². The lowest BCUT2D eigenvalue weighted by Crippen LogP contribution is -2.42. The number of guanidine groups is 1. The topological polar surface area (TPSA) is 36.4 Å². The van der Waals surface area contributed by atoms with Crippen molar-refractivity contribution in [3.63, 3.8) is 0 Å². The van der Waals surface area contributed by atoms with Crippen LogP contribution in [-0.2, 0) is 6.54 Å². The lowest BCUT2D eigenvalue weighted by Gasteiger charge is -2.14. The first-order chi connectivity index (χ1) is 8.24. The van der Waals surface area contributed by atoms with Crippen molar-refractivity contribution < 1.29 is 0 Å². The van der Waals surface area contributed by atoms with Crippen LogP contribution < -0.4 is 10.6 Å². The van der Waals surface area contributed by atoms with Gasteiger partial charge in [0.1, 0.15) is 0 Å². The molecule has 0 radical (unpaired) electrons. The van der Waals surface area contributed by atoms with E-state index >= 15 is 0 Å². The molecular formula is C14H21N3. The average Bonchev–Trinajstić information content (AvgIpc) is 3.10. The van der Waals surface area contributed by atoms with Crippen LogP contribution >= 0.6 is 0 Å². The number of nitrogens with zero attached hydrogens (tertiary/aromatic N) is 1. The van der Waals surface area contributed by atoms with E-state index in [9.17, 15) is 0 Å². The van der Waals surface area contributed by atoms with Gasteiger partial charge in [-0.05, 0) is 32.3 Å². The van der Waals surface area contributed by atoms with Crippen LogP contribution in [0.4, 0.5) is 0 Å². The van der Waals surface area contributed by atoms with E-state index in [0.29, 0.717) is 12.1 Å². The van der Waals surface area contributed by atoms with Crippen molar-refractivity contribution in [2.75, 3.05) is 0 Å². The number of aliphatic imine (C=N–C) groups is 1. The summed E-state index contributed by atoms with van der Waals surface area (Å²) in [6.45, 7) is 4.99. The molecular weight excluding hydrogens is 210 g/mol. The first kappa shape index (κ1) is 12.0. The summed E-state index contributed by atoms with van der Waals surface area (Å²) >= 11 is 0. The molecule has 3 heteroatoms. The molecule has 3 nitrogen and oxygen atoms in total. The Morgan fingerprint density at radius 3 is 2.59 bits per heavy atom. The van der Waals surface area contributed by atoms with Crippen LogP contribution in [0.3, 0.4) is 0 Å². The fourth-order valence-electron chi connectivity index (χ4n) is 1.58. The van der Waals surface area contributed by atoms with Crippen molar-refractivity contribution in [3.05, 3.63) is 35.9 Å². The van der Waals surface area contributed by atoms with Crippen LogP contribution in [0.15, 0.2) is 35.3 Å². The minimum atomic E-state index is 0.413. The van der Waals surface area contributed by atoms with E-state index in [1.54, 1.807) is 0 Å². The molecule has 0 heterocycles. The van der Waals surface area contributed by atoms with Crippen LogP contribution in [0.5, 0.6) is 0 Å². The van der Waals surface area contributed by atoms with Crippen LogP contribution in [-0.4, -0.2) is 18.0 Å². The summed E-state index contributed by atoms with van der Waals surface area (Å²) in [4.78, 5) is 4.61. The van der Waals surface area contributed by atoms with Gasteiger partial charge >= 0.3 is 0 Å². The Balaban J connectivity index is 1.93. The third-order valence-electron chi connectivity index (χ3n) is 2.61. The number of benzene rings is 1. The van der Waals surface area contributed by atoms with Crippen molar-refractivity contribution >= 4 is 5.96 Å². The van der Waals surface area contributed by atoms with E-state index in [1.165, 1.54) is 18.4 Å². The van der Waals surface area contributed by atoms with E-state index in [0.717, 1.165) is 12.5 Å². The van der Waals surface area contributed by atoms with Gasteiger partial charge < -0.3 is 10.6 Å². The molecule has 92 valence electrons. The maximum atomic E-state index is 4.61. The van der Waals surface area contributed by atoms with Crippen molar-refractivity contribution in [2.24, 2.45) is 4.99 Å². The van der Waals surface area contributed by atoms with Gasteiger partial charge in [-0.1, -0.05) is 30.3 Å². The van der Waals surface area contributed by atoms with Crippen molar-refractivity contribution in [3.8, 4) is 0 Å². The monoisotopic (exact) mass is 231 g/mol. The van der Waals surface area contributed by atoms with Gasteiger partial charge in [-0.3, -0.25) is 0 Å². The lowest BCUT2D eigenvalue weighted by molar-refractivity contribution is 0.694. The zero-order chi connectivity index (χ0) is 12.1. The van der Waals surface area contributed by atoms with Crippen LogP contribution in [0.1, 0.15) is 32.3 Å². The minimum Gasteiger partial charge on any atom is -0.354 e. The molecule has 1 fully saturated rings. The SMILES string of the molecule is CC(C)NC(=NCc1ccccc1)NC1CC1. The molecule has 1 aliphatic rings. The smallest absolute Gasteiger partial charge is 0.192 e. The molecule has 0 saturated heterocycles. The summed E-state index contributed by atoms with van der Waals surface area (Å²) in [5.74, 6) is 0.936. The summed E-state index contributed by atoms with van der Waals surface area (Å²) in [5, 5.41) is 6.79. The Labute approximate surface area is 103 Å². The molecule has 0 atom stereocenters. The summed E-state index contributed by atoms with van der Waals surface area (Å²) in [7, 11) is 0. The highest BCUT2D eigenvalue weighted by atomic mass is 15.2. The quantitative estimate of drug-likeness (QED) is 0.616. The standard InChI is InChI=1S/C14H21N3/c1-11(2)16-14(17-13-8-9-13)15-10-12-6-4-3-5-7-12/h3-7,11,13H,8-10H2,1-2H3,(H2,15,16,17). The van der Waals surface area contributed by atoms with E-state index in [4.69, 9.17) is 0 Å². The maximum Gasteiger partial charge on any atom is 0.192 e. The number of hydrogen-bond acceptors (Lipinski definition) is 1. The second kappa shape index (κ2) is 5.71. The van der Waals surface area contributed by atoms with Gasteiger partial charge in [0.2, 0.25) is 0 Å². The summed E-state index contributed by atoms with van der Waals surface area (Å²) in [6, 6.07) is 11.4. The molecule has 0 bridgehead atoms. The molecule has 0 spiro atoms. The van der Waals surface area contributed by atoms with Crippen LogP contribution in [0.25, 0.3) is 0 Å². The van der Waals surface area contributed by atoms with Crippen molar-refractivity contribution in [1.82, 2.24) is 10.6 Å². The number of nitrogens with one attached hydrogen (secondary N) is 2. The van der Waals surface area contributed by atoms with Crippen molar-refractivity contribution in [1.29, 1.82) is 0 Å². The fourth-order valence-corrected chi connectivity index (χ4v) is 1.58. The van der Waals surface area contributed by atoms with Crippen LogP contribution in [0.2, 0.25) is 0 Å². The highest BCUT2D eigenvalue weighted by molar-refractivity contribution is 5.80. The largest absolute Gasteiger partial charge is 0.354 e. The maximum absolute atomic E-state index is 4.61. The highest BCUT2D eigenvalue weighted by Gasteiger charge is 2.22. The van der Waals surface area contributed by atoms with E-state index in [-0.39, 0.29) is 0 Å². The molecule has 0 aromatic heterocycles. The lowest BCUT2D eigenvalue weighted by atomic mass is 10.2. The molecule has 1 saturated carbocycles. The van der Waals surface area contributed by atoms with Gasteiger partial charge in [0.25, 0.3) is 0 Å². The Kier molecular flexibility index (Phi) is 4.02. The first-order valence-electron chi connectivity index (χ1n) is 6.35. The summed E-state index contributed by atoms with van der Waals surface area (Å²) < 4.78 is 0. The third-order valence-corrected chi connectivity index (χ3v) is 2.61. The Morgan fingerprint density at radius 1 is 1.29 bits per heavy atom. The van der Waals surface area contributed by atoms with Gasteiger partial charge in [-0.25, -0.2) is 4.99 Å². The molecule has 0 amide bonds. The molecule has 17 heavy (non-hydrogen) atoms. The van der Waals surface area contributed by atoms with Crippen LogP contribution in [0, 0.1) is 0 Å². The number of rotatable bonds is 4. The van der Waals surface area contributed by atoms with Gasteiger partial charge in [-0.15, -0.1) is 0 Å². The predicted octanol–water partition coefficient (Wildman–Crippen LogP) is 2.29. The minimum absolute atomic E-state index is 0.413. The predicted molar refractivity (Wildman–Crippen MR) is 72.0 cm³/mol. The van der Waals surface area contributed by atoms with E-state index in [1.807, 2.05) is 6.07 Å². The summed E-state index contributed by atoms with van der Waals surface area (Å²) in [6.07, 6.45) is 2.54. The summed E-state index contributed by atoms with van der Waals surface area (Å²) in [5.41, 5.74) is 1.24. The Morgan fingerprint density at radius 2 is 2.00 bits per heavy atom. The third kappa shape index (κ3) is 4.47. The Hall–Kier alpha value is -1.51. The fraction of sp³-hybridized carbons (Fsp3) is 0.500. The zero-order valence-corrected chi connectivity index (χ0v) is 10.6. The molecule has 0 unspecified atom stereocenters. The second-order valence-electron chi connectivity index (χ2n) is 4.87. The van der Waals surface area contributed by atoms with Gasteiger partial charge in [0.15, 0.2) is 5.96 Å². The Bertz CT molecular complexity index is 360.